The number of aliphatic hydroxyl groups is 1. The van der Waals surface area contributed by atoms with Gasteiger partial charge in [-0.1, -0.05) is 18.2 Å². The molecule has 3 heterocycles. The van der Waals surface area contributed by atoms with Crippen LogP contribution in [-0.2, 0) is 0 Å². The lowest BCUT2D eigenvalue weighted by Crippen LogP contribution is -2.42. The molecule has 1 atom stereocenters. The molecule has 2 aromatic heterocycles. The van der Waals surface area contributed by atoms with E-state index in [0.29, 0.717) is 0 Å². The first-order valence-corrected chi connectivity index (χ1v) is 8.93. The van der Waals surface area contributed by atoms with E-state index in [1.807, 2.05) is 29.6 Å². The molecule has 0 bridgehead atoms. The third-order valence-electron chi connectivity index (χ3n) is 4.43. The molecule has 23 heavy (non-hydrogen) atoms. The fourth-order valence-corrected chi connectivity index (χ4v) is 3.92. The van der Waals surface area contributed by atoms with Gasteiger partial charge in [0.1, 0.15) is 5.82 Å². The number of nitrogens with zero attached hydrogens (tertiary/aromatic N) is 3. The van der Waals surface area contributed by atoms with Crippen molar-refractivity contribution < 1.29 is 5.11 Å². The van der Waals surface area contributed by atoms with Gasteiger partial charge in [-0.3, -0.25) is 0 Å². The molecule has 4 nitrogen and oxygen atoms in total. The van der Waals surface area contributed by atoms with Crippen molar-refractivity contribution in [2.75, 3.05) is 18.1 Å². The van der Waals surface area contributed by atoms with Gasteiger partial charge < -0.3 is 10.0 Å². The summed E-state index contributed by atoms with van der Waals surface area (Å²) >= 11 is 1.65. The number of piperidine rings is 1. The van der Waals surface area contributed by atoms with Crippen LogP contribution in [0.1, 0.15) is 19.3 Å². The Morgan fingerprint density at radius 2 is 2.04 bits per heavy atom. The first-order valence-electron chi connectivity index (χ1n) is 8.05. The van der Waals surface area contributed by atoms with Crippen molar-refractivity contribution in [2.24, 2.45) is 0 Å². The summed E-state index contributed by atoms with van der Waals surface area (Å²) in [5, 5.41) is 12.9. The minimum atomic E-state index is 0.151. The molecule has 0 unspecified atom stereocenters. The van der Waals surface area contributed by atoms with Gasteiger partial charge in [0.25, 0.3) is 0 Å². The average Bonchev–Trinajstić information content (AvgIpc) is 3.15. The zero-order valence-electron chi connectivity index (χ0n) is 12.9. The molecule has 1 N–H and O–H groups in total. The fourth-order valence-electron chi connectivity index (χ4n) is 3.26. The van der Waals surface area contributed by atoms with Crippen LogP contribution in [0.3, 0.4) is 0 Å². The van der Waals surface area contributed by atoms with E-state index in [9.17, 15) is 5.11 Å². The minimum Gasteiger partial charge on any atom is -0.394 e. The van der Waals surface area contributed by atoms with E-state index in [4.69, 9.17) is 9.97 Å². The molecule has 5 heteroatoms. The van der Waals surface area contributed by atoms with E-state index in [0.717, 1.165) is 46.8 Å². The second kappa shape index (κ2) is 6.26. The van der Waals surface area contributed by atoms with Crippen molar-refractivity contribution >= 4 is 28.1 Å². The van der Waals surface area contributed by atoms with E-state index in [1.165, 1.54) is 6.42 Å². The summed E-state index contributed by atoms with van der Waals surface area (Å²) in [7, 11) is 0. The number of rotatable bonds is 3. The summed E-state index contributed by atoms with van der Waals surface area (Å²) in [4.78, 5) is 13.0. The largest absolute Gasteiger partial charge is 0.394 e. The van der Waals surface area contributed by atoms with Crippen LogP contribution in [0.5, 0.6) is 0 Å². The van der Waals surface area contributed by atoms with Crippen molar-refractivity contribution in [3.8, 4) is 10.7 Å². The highest BCUT2D eigenvalue weighted by Gasteiger charge is 2.25. The number of aliphatic hydroxyl groups excluding tert-OH is 1. The van der Waals surface area contributed by atoms with E-state index < -0.39 is 0 Å². The molecular weight excluding hydrogens is 306 g/mol. The molecule has 1 saturated heterocycles. The highest BCUT2D eigenvalue weighted by atomic mass is 32.1. The van der Waals surface area contributed by atoms with Crippen LogP contribution in [-0.4, -0.2) is 34.3 Å². The van der Waals surface area contributed by atoms with Crippen molar-refractivity contribution in [1.82, 2.24) is 9.97 Å². The average molecular weight is 325 g/mol. The van der Waals surface area contributed by atoms with Crippen molar-refractivity contribution in [3.05, 3.63) is 41.8 Å². The Bertz CT molecular complexity index is 803. The van der Waals surface area contributed by atoms with E-state index >= 15 is 0 Å². The van der Waals surface area contributed by atoms with Gasteiger partial charge in [-0.2, -0.15) is 0 Å². The normalized spacial score (nSPS) is 18.5. The van der Waals surface area contributed by atoms with Gasteiger partial charge in [-0.05, 0) is 42.8 Å². The number of aromatic nitrogens is 2. The number of thiophene rings is 1. The lowest BCUT2D eigenvalue weighted by atomic mass is 10.0. The molecule has 4 rings (SSSR count). The predicted octanol–water partition coefficient (Wildman–Crippen LogP) is 3.71. The Kier molecular flexibility index (Phi) is 3.97. The van der Waals surface area contributed by atoms with Crippen LogP contribution in [0.15, 0.2) is 41.8 Å². The molecule has 1 aliphatic rings. The first kappa shape index (κ1) is 14.6. The zero-order valence-corrected chi connectivity index (χ0v) is 13.7. The number of anilines is 1. The van der Waals surface area contributed by atoms with E-state index in [-0.39, 0.29) is 12.6 Å². The first-order chi connectivity index (χ1) is 11.4. The van der Waals surface area contributed by atoms with Crippen LogP contribution >= 0.6 is 11.3 Å². The standard InChI is InChI=1S/C18H19N3OS/c22-12-13-6-3-4-10-21(13)18-14-7-1-2-8-15(14)19-17(20-18)16-9-5-11-23-16/h1-2,5,7-9,11,13,22H,3-4,6,10,12H2/t13-/m0/s1. The number of fused-ring (bicyclic) bond motifs is 1. The fraction of sp³-hybridized carbons (Fsp3) is 0.333. The SMILES string of the molecule is OC[C@@H]1CCCCN1c1nc(-c2cccs2)nc2ccccc12. The smallest absolute Gasteiger partial charge is 0.172 e. The quantitative estimate of drug-likeness (QED) is 0.797. The van der Waals surface area contributed by atoms with Gasteiger partial charge in [0.2, 0.25) is 0 Å². The van der Waals surface area contributed by atoms with Crippen molar-refractivity contribution in [3.63, 3.8) is 0 Å². The molecule has 0 spiro atoms. The molecule has 1 aliphatic heterocycles. The molecule has 1 aromatic carbocycles. The van der Waals surface area contributed by atoms with Crippen molar-refractivity contribution in [1.29, 1.82) is 0 Å². The van der Waals surface area contributed by atoms with Crippen LogP contribution in [0.4, 0.5) is 5.82 Å². The van der Waals surface area contributed by atoms with E-state index in [2.05, 4.69) is 17.0 Å². The lowest BCUT2D eigenvalue weighted by Gasteiger charge is -2.36. The second-order valence-electron chi connectivity index (χ2n) is 5.89. The molecule has 1 fully saturated rings. The maximum atomic E-state index is 9.77. The summed E-state index contributed by atoms with van der Waals surface area (Å²) < 4.78 is 0. The number of benzene rings is 1. The highest BCUT2D eigenvalue weighted by molar-refractivity contribution is 7.13. The van der Waals surface area contributed by atoms with Gasteiger partial charge in [0, 0.05) is 11.9 Å². The van der Waals surface area contributed by atoms with Gasteiger partial charge in [-0.15, -0.1) is 11.3 Å². The maximum absolute atomic E-state index is 9.77. The minimum absolute atomic E-state index is 0.151. The zero-order chi connectivity index (χ0) is 15.6. The maximum Gasteiger partial charge on any atom is 0.172 e. The summed E-state index contributed by atoms with van der Waals surface area (Å²) in [6.07, 6.45) is 3.33. The second-order valence-corrected chi connectivity index (χ2v) is 6.84. The Morgan fingerprint density at radius 1 is 1.13 bits per heavy atom. The Hall–Kier alpha value is -1.98. The molecule has 0 amide bonds. The summed E-state index contributed by atoms with van der Waals surface area (Å²) in [6.45, 7) is 1.11. The van der Waals surface area contributed by atoms with Crippen LogP contribution < -0.4 is 4.90 Å². The topological polar surface area (TPSA) is 49.2 Å². The predicted molar refractivity (Wildman–Crippen MR) is 94.9 cm³/mol. The summed E-state index contributed by atoms with van der Waals surface area (Å²) in [5.41, 5.74) is 0.961. The number of hydrogen-bond acceptors (Lipinski definition) is 5. The summed E-state index contributed by atoms with van der Waals surface area (Å²) in [5.74, 6) is 1.73. The summed E-state index contributed by atoms with van der Waals surface area (Å²) in [6, 6.07) is 12.4. The molecule has 0 radical (unpaired) electrons. The third-order valence-corrected chi connectivity index (χ3v) is 5.30. The van der Waals surface area contributed by atoms with Crippen molar-refractivity contribution in [2.45, 2.75) is 25.3 Å². The lowest BCUT2D eigenvalue weighted by molar-refractivity contribution is 0.239. The Morgan fingerprint density at radius 3 is 2.87 bits per heavy atom. The van der Waals surface area contributed by atoms with Crippen LogP contribution in [0.25, 0.3) is 21.6 Å². The number of hydrogen-bond donors (Lipinski definition) is 1. The molecule has 118 valence electrons. The Balaban J connectivity index is 1.89. The highest BCUT2D eigenvalue weighted by Crippen LogP contribution is 2.32. The molecular formula is C18H19N3OS. The number of para-hydroxylation sites is 1. The van der Waals surface area contributed by atoms with Gasteiger partial charge in [0.15, 0.2) is 5.82 Å². The Labute approximate surface area is 139 Å². The third kappa shape index (κ3) is 2.71. The van der Waals surface area contributed by atoms with Gasteiger partial charge in [0.05, 0.1) is 23.0 Å². The van der Waals surface area contributed by atoms with E-state index in [1.54, 1.807) is 11.3 Å². The van der Waals surface area contributed by atoms with Crippen LogP contribution in [0, 0.1) is 0 Å². The van der Waals surface area contributed by atoms with Gasteiger partial charge >= 0.3 is 0 Å². The molecule has 3 aromatic rings. The molecule has 0 saturated carbocycles. The van der Waals surface area contributed by atoms with Gasteiger partial charge in [-0.25, -0.2) is 9.97 Å². The molecule has 0 aliphatic carbocycles. The van der Waals surface area contributed by atoms with Crippen LogP contribution in [0.2, 0.25) is 0 Å². The monoisotopic (exact) mass is 325 g/mol.